The molecule has 30 heavy (non-hydrogen) atoms. The summed E-state index contributed by atoms with van der Waals surface area (Å²) in [6.07, 6.45) is 22.1. The van der Waals surface area contributed by atoms with E-state index >= 15 is 0 Å². The number of nitrogens with one attached hydrogen (secondary N) is 1. The molecule has 2 rings (SSSR count). The molecule has 0 bridgehead atoms. The Morgan fingerprint density at radius 3 is 1.50 bits per heavy atom. The molecule has 0 unspecified atom stereocenters. The molecule has 0 fully saturated rings. The van der Waals surface area contributed by atoms with E-state index in [1.165, 1.54) is 82.7 Å². The molecule has 0 spiro atoms. The Morgan fingerprint density at radius 2 is 1.17 bits per heavy atom. The highest BCUT2D eigenvalue weighted by molar-refractivity contribution is 5.46. The summed E-state index contributed by atoms with van der Waals surface area (Å²) in [5.41, 5.74) is 4.63. The third kappa shape index (κ3) is 7.76. The van der Waals surface area contributed by atoms with Crippen molar-refractivity contribution in [2.45, 2.75) is 117 Å². The van der Waals surface area contributed by atoms with E-state index in [9.17, 15) is 0 Å². The van der Waals surface area contributed by atoms with Crippen molar-refractivity contribution < 1.29 is 17.0 Å². The van der Waals surface area contributed by atoms with Gasteiger partial charge in [0.25, 0.3) is 0 Å². The lowest BCUT2D eigenvalue weighted by molar-refractivity contribution is -0.595. The van der Waals surface area contributed by atoms with Crippen LogP contribution in [-0.2, 0) is 0 Å². The number of unbranched alkanes of at least 4 members (excludes halogenated alkanes) is 4. The number of aromatic amines is 1. The van der Waals surface area contributed by atoms with E-state index in [0.717, 1.165) is 0 Å². The minimum atomic E-state index is 0. The molecule has 0 amide bonds. The molecule has 1 heterocycles. The lowest BCUT2D eigenvalue weighted by Gasteiger charge is -2.24. The first-order valence-electron chi connectivity index (χ1n) is 12.4. The maximum absolute atomic E-state index is 3.30. The molecule has 0 saturated carbocycles. The van der Waals surface area contributed by atoms with Gasteiger partial charge in [0.2, 0.25) is 6.33 Å². The Labute approximate surface area is 192 Å². The first-order chi connectivity index (χ1) is 14.3. The van der Waals surface area contributed by atoms with Crippen LogP contribution in [0.15, 0.2) is 36.9 Å². The van der Waals surface area contributed by atoms with Crippen molar-refractivity contribution in [3.8, 4) is 5.69 Å². The van der Waals surface area contributed by atoms with Crippen molar-refractivity contribution in [2.24, 2.45) is 0 Å². The summed E-state index contributed by atoms with van der Waals surface area (Å²) in [5.74, 6) is 1.34. The number of hydrogen-bond donors (Lipinski definition) is 1. The SMILES string of the molecule is CCCCC(CCCC)c1cccc(C(CCCC)CCCC)c1-[n+]1cc[nH]c1.[Cl-]. The molecule has 0 aliphatic rings. The Hall–Kier alpha value is -1.28. The molecule has 1 aromatic heterocycles. The second kappa shape index (κ2) is 15.5. The van der Waals surface area contributed by atoms with Gasteiger partial charge in [0, 0.05) is 11.1 Å². The van der Waals surface area contributed by atoms with Gasteiger partial charge in [0.15, 0.2) is 0 Å². The summed E-state index contributed by atoms with van der Waals surface area (Å²) in [6.45, 7) is 9.28. The summed E-state index contributed by atoms with van der Waals surface area (Å²) in [5, 5.41) is 0. The minimum absolute atomic E-state index is 0. The van der Waals surface area contributed by atoms with E-state index in [2.05, 4.69) is 74.2 Å². The largest absolute Gasteiger partial charge is 1.00 e. The van der Waals surface area contributed by atoms with Gasteiger partial charge in [0.1, 0.15) is 18.1 Å². The lowest BCUT2D eigenvalue weighted by Crippen LogP contribution is -3.00. The van der Waals surface area contributed by atoms with Gasteiger partial charge in [-0.15, -0.1) is 0 Å². The number of hydrogen-bond acceptors (Lipinski definition) is 0. The van der Waals surface area contributed by atoms with Crippen LogP contribution >= 0.6 is 0 Å². The van der Waals surface area contributed by atoms with Crippen LogP contribution in [-0.4, -0.2) is 4.98 Å². The molecular weight excluding hydrogens is 388 g/mol. The minimum Gasteiger partial charge on any atom is -1.00 e. The van der Waals surface area contributed by atoms with Crippen molar-refractivity contribution in [1.29, 1.82) is 0 Å². The second-order valence-corrected chi connectivity index (χ2v) is 8.77. The topological polar surface area (TPSA) is 19.7 Å². The average molecular weight is 433 g/mol. The van der Waals surface area contributed by atoms with Crippen LogP contribution in [0.3, 0.4) is 0 Å². The summed E-state index contributed by atoms with van der Waals surface area (Å²) >= 11 is 0. The maximum atomic E-state index is 3.30. The van der Waals surface area contributed by atoms with Gasteiger partial charge in [-0.1, -0.05) is 97.3 Å². The number of para-hydroxylation sites is 1. The fourth-order valence-electron chi connectivity index (χ4n) is 4.68. The molecule has 2 nitrogen and oxygen atoms in total. The number of imidazole rings is 1. The first-order valence-corrected chi connectivity index (χ1v) is 12.4. The van der Waals surface area contributed by atoms with Crippen molar-refractivity contribution in [2.75, 3.05) is 0 Å². The van der Waals surface area contributed by atoms with Crippen LogP contribution in [0.4, 0.5) is 0 Å². The van der Waals surface area contributed by atoms with Gasteiger partial charge < -0.3 is 12.4 Å². The zero-order chi connectivity index (χ0) is 20.9. The summed E-state index contributed by atoms with van der Waals surface area (Å²) in [4.78, 5) is 3.30. The number of nitrogens with zero attached hydrogens (tertiary/aromatic N) is 1. The van der Waals surface area contributed by atoms with Crippen LogP contribution in [0.25, 0.3) is 5.69 Å². The molecule has 3 heteroatoms. The fraction of sp³-hybridized carbons (Fsp3) is 0.667. The van der Waals surface area contributed by atoms with Gasteiger partial charge in [-0.3, -0.25) is 0 Å². The van der Waals surface area contributed by atoms with Gasteiger partial charge in [-0.2, -0.15) is 0 Å². The zero-order valence-electron chi connectivity index (χ0n) is 19.9. The highest BCUT2D eigenvalue weighted by Crippen LogP contribution is 2.37. The highest BCUT2D eigenvalue weighted by atomic mass is 35.5. The van der Waals surface area contributed by atoms with E-state index in [1.807, 2.05) is 0 Å². The monoisotopic (exact) mass is 432 g/mol. The molecule has 2 aromatic rings. The van der Waals surface area contributed by atoms with Crippen molar-refractivity contribution in [3.63, 3.8) is 0 Å². The number of benzene rings is 1. The molecule has 0 aliphatic heterocycles. The third-order valence-electron chi connectivity index (χ3n) is 6.41. The van der Waals surface area contributed by atoms with E-state index in [1.54, 1.807) is 11.1 Å². The van der Waals surface area contributed by atoms with Gasteiger partial charge in [-0.05, 0) is 37.5 Å². The average Bonchev–Trinajstić information content (AvgIpc) is 3.28. The van der Waals surface area contributed by atoms with Gasteiger partial charge in [0.05, 0.1) is 0 Å². The highest BCUT2D eigenvalue weighted by Gasteiger charge is 2.25. The second-order valence-electron chi connectivity index (χ2n) is 8.77. The smallest absolute Gasteiger partial charge is 0.246 e. The molecule has 0 saturated heterocycles. The van der Waals surface area contributed by atoms with E-state index in [0.29, 0.717) is 11.8 Å². The maximum Gasteiger partial charge on any atom is 0.246 e. The number of rotatable bonds is 15. The van der Waals surface area contributed by atoms with E-state index < -0.39 is 0 Å². The predicted molar refractivity (Wildman–Crippen MR) is 126 cm³/mol. The Balaban J connectivity index is 0.00000450. The van der Waals surface area contributed by atoms with Crippen molar-refractivity contribution in [3.05, 3.63) is 48.0 Å². The van der Waals surface area contributed by atoms with Crippen molar-refractivity contribution >= 4 is 0 Å². The standard InChI is InChI=1S/C27H44N2.ClH/c1-5-9-14-23(15-10-6-2)25-18-13-19-26(27(25)29-21-20-28-22-29)24(16-11-7-3)17-12-8-4;/h13,18-24H,5-12,14-17H2,1-4H3;1H. The fourth-order valence-corrected chi connectivity index (χ4v) is 4.68. The van der Waals surface area contributed by atoms with Crippen LogP contribution in [0, 0.1) is 0 Å². The Morgan fingerprint density at radius 1 is 0.733 bits per heavy atom. The zero-order valence-corrected chi connectivity index (χ0v) is 20.7. The molecule has 1 N–H and O–H groups in total. The van der Waals surface area contributed by atoms with E-state index in [4.69, 9.17) is 0 Å². The summed E-state index contributed by atoms with van der Waals surface area (Å²) in [6, 6.07) is 7.19. The van der Waals surface area contributed by atoms with E-state index in [-0.39, 0.29) is 12.4 Å². The Kier molecular flexibility index (Phi) is 13.8. The summed E-state index contributed by atoms with van der Waals surface area (Å²) in [7, 11) is 0. The van der Waals surface area contributed by atoms with Gasteiger partial charge >= 0.3 is 0 Å². The molecule has 0 radical (unpaired) electrons. The molecule has 1 aromatic carbocycles. The molecule has 0 atom stereocenters. The van der Waals surface area contributed by atoms with Crippen molar-refractivity contribution in [1.82, 2.24) is 4.98 Å². The van der Waals surface area contributed by atoms with Gasteiger partial charge in [-0.25, -0.2) is 9.55 Å². The molecule has 0 aliphatic carbocycles. The normalized spacial score (nSPS) is 11.3. The first kappa shape index (κ1) is 26.8. The predicted octanol–water partition coefficient (Wildman–Crippen LogP) is 5.22. The lowest BCUT2D eigenvalue weighted by atomic mass is 9.82. The van der Waals surface area contributed by atoms with Crippen LogP contribution in [0.1, 0.15) is 128 Å². The van der Waals surface area contributed by atoms with Crippen LogP contribution in [0.5, 0.6) is 0 Å². The molecular formula is C27H45ClN2. The van der Waals surface area contributed by atoms with Crippen LogP contribution < -0.4 is 17.0 Å². The summed E-state index contributed by atoms with van der Waals surface area (Å²) < 4.78 is 2.36. The quantitative estimate of drug-likeness (QED) is 0.372. The van der Waals surface area contributed by atoms with Crippen LogP contribution in [0.2, 0.25) is 0 Å². The Bertz CT molecular complexity index is 611. The number of halogens is 1. The third-order valence-corrected chi connectivity index (χ3v) is 6.41. The molecule has 170 valence electrons. The number of H-pyrrole nitrogens is 1. The number of aromatic nitrogens is 2.